The molecular weight excluding hydrogens is 619 g/mol. The first-order valence-electron chi connectivity index (χ1n) is 15.6. The Morgan fingerprint density at radius 2 is 1.74 bits per heavy atom. The van der Waals surface area contributed by atoms with Crippen LogP contribution in [0.5, 0.6) is 5.75 Å². The fourth-order valence-electron chi connectivity index (χ4n) is 6.18. The van der Waals surface area contributed by atoms with Gasteiger partial charge >= 0.3 is 6.18 Å². The lowest BCUT2D eigenvalue weighted by atomic mass is 9.90. The molecule has 13 heteroatoms. The molecule has 0 bridgehead atoms. The monoisotopic (exact) mass is 661 g/mol. The third kappa shape index (κ3) is 8.47. The van der Waals surface area contributed by atoms with Gasteiger partial charge in [0.1, 0.15) is 12.3 Å². The molecule has 2 aliphatic rings. The molecule has 2 aromatic carbocycles. The zero-order chi connectivity index (χ0) is 32.9. The van der Waals surface area contributed by atoms with Gasteiger partial charge in [0.05, 0.1) is 35.4 Å². The van der Waals surface area contributed by atoms with E-state index in [2.05, 4.69) is 46.2 Å². The van der Waals surface area contributed by atoms with Crippen LogP contribution in [0, 0.1) is 11.8 Å². The van der Waals surface area contributed by atoms with Gasteiger partial charge in [0.2, 0.25) is 10.0 Å². The van der Waals surface area contributed by atoms with E-state index in [1.807, 2.05) is 6.07 Å². The van der Waals surface area contributed by atoms with E-state index in [1.165, 1.54) is 23.8 Å². The number of nitrogens with one attached hydrogen (secondary N) is 3. The average Bonchev–Trinajstić information content (AvgIpc) is 3.36. The Morgan fingerprint density at radius 1 is 1.00 bits per heavy atom. The Bertz CT molecular complexity index is 1670. The lowest BCUT2D eigenvalue weighted by Crippen LogP contribution is -2.38. The quantitative estimate of drug-likeness (QED) is 0.250. The maximum atomic E-state index is 13.7. The van der Waals surface area contributed by atoms with E-state index >= 15 is 0 Å². The van der Waals surface area contributed by atoms with Crippen LogP contribution in [0.15, 0.2) is 47.4 Å². The van der Waals surface area contributed by atoms with Crippen molar-refractivity contribution in [3.63, 3.8) is 0 Å². The summed E-state index contributed by atoms with van der Waals surface area (Å²) in [6.07, 6.45) is 0.891. The highest BCUT2D eigenvalue weighted by molar-refractivity contribution is 7.89. The molecule has 0 spiro atoms. The third-order valence-electron chi connectivity index (χ3n) is 8.68. The number of sulfonamides is 1. The van der Waals surface area contributed by atoms with Crippen LogP contribution >= 0.6 is 0 Å². The summed E-state index contributed by atoms with van der Waals surface area (Å²) in [4.78, 5) is 2.32. The smallest absolute Gasteiger partial charge is 0.406 e. The van der Waals surface area contributed by atoms with E-state index < -0.39 is 22.7 Å². The lowest BCUT2D eigenvalue weighted by molar-refractivity contribution is -0.140. The SMILES string of the molecule is COc1cc(S(=O)(=O)NC2CCOCC2)ccc1NCC#Cc1cc2c(NC3CCC(N(C)C)CC3)cccc2n1CC(F)(F)F. The number of halogens is 3. The highest BCUT2D eigenvalue weighted by Crippen LogP contribution is 2.33. The first kappa shape index (κ1) is 33.9. The molecule has 250 valence electrons. The Labute approximate surface area is 268 Å². The van der Waals surface area contributed by atoms with Crippen LogP contribution in [-0.2, 0) is 21.3 Å². The number of benzene rings is 2. The molecule has 9 nitrogen and oxygen atoms in total. The van der Waals surface area contributed by atoms with Crippen LogP contribution in [-0.4, -0.2) is 83.2 Å². The molecule has 0 atom stereocenters. The largest absolute Gasteiger partial charge is 0.495 e. The molecule has 1 saturated heterocycles. The molecule has 0 amide bonds. The summed E-state index contributed by atoms with van der Waals surface area (Å²) in [6.45, 7) is -0.0470. The molecule has 1 saturated carbocycles. The molecule has 1 aromatic heterocycles. The van der Waals surface area contributed by atoms with E-state index in [9.17, 15) is 21.6 Å². The van der Waals surface area contributed by atoms with Gasteiger partial charge in [0.15, 0.2) is 0 Å². The molecule has 1 aliphatic carbocycles. The van der Waals surface area contributed by atoms with Crippen LogP contribution in [0.2, 0.25) is 0 Å². The number of ether oxygens (including phenoxy) is 2. The van der Waals surface area contributed by atoms with Crippen molar-refractivity contribution >= 4 is 32.3 Å². The zero-order valence-corrected chi connectivity index (χ0v) is 27.2. The fraction of sp³-hybridized carbons (Fsp3) is 0.515. The van der Waals surface area contributed by atoms with E-state index in [1.54, 1.807) is 24.3 Å². The maximum Gasteiger partial charge on any atom is 0.406 e. The molecule has 3 N–H and O–H groups in total. The van der Waals surface area contributed by atoms with Crippen molar-refractivity contribution in [3.8, 4) is 17.6 Å². The molecule has 5 rings (SSSR count). The Kier molecular flexibility index (Phi) is 10.7. The molecule has 1 aliphatic heterocycles. The summed E-state index contributed by atoms with van der Waals surface area (Å²) in [5, 5.41) is 7.38. The van der Waals surface area contributed by atoms with E-state index in [0.717, 1.165) is 31.4 Å². The summed E-state index contributed by atoms with van der Waals surface area (Å²) in [5.74, 6) is 6.16. The second-order valence-corrected chi connectivity index (χ2v) is 13.8. The molecule has 0 unspecified atom stereocenters. The predicted molar refractivity (Wildman–Crippen MR) is 174 cm³/mol. The Hall–Kier alpha value is -3.44. The second kappa shape index (κ2) is 14.5. The van der Waals surface area contributed by atoms with Crippen LogP contribution in [0.4, 0.5) is 24.5 Å². The summed E-state index contributed by atoms with van der Waals surface area (Å²) >= 11 is 0. The number of nitrogens with zero attached hydrogens (tertiary/aromatic N) is 2. The lowest BCUT2D eigenvalue weighted by Gasteiger charge is -2.33. The van der Waals surface area contributed by atoms with Crippen molar-refractivity contribution in [3.05, 3.63) is 48.2 Å². The molecule has 46 heavy (non-hydrogen) atoms. The van der Waals surface area contributed by atoms with Gasteiger partial charge in [-0.05, 0) is 88.9 Å². The van der Waals surface area contributed by atoms with Crippen molar-refractivity contribution in [1.82, 2.24) is 14.2 Å². The summed E-state index contributed by atoms with van der Waals surface area (Å²) in [6, 6.07) is 12.2. The van der Waals surface area contributed by atoms with Crippen molar-refractivity contribution in [2.24, 2.45) is 0 Å². The van der Waals surface area contributed by atoms with Gasteiger partial charge in [0, 0.05) is 48.5 Å². The number of aromatic nitrogens is 1. The minimum Gasteiger partial charge on any atom is -0.495 e. The molecule has 3 aromatic rings. The first-order chi connectivity index (χ1) is 21.9. The van der Waals surface area contributed by atoms with Gasteiger partial charge in [-0.2, -0.15) is 13.2 Å². The molecule has 2 fully saturated rings. The van der Waals surface area contributed by atoms with Crippen LogP contribution < -0.4 is 20.1 Å². The first-order valence-corrected chi connectivity index (χ1v) is 17.0. The summed E-state index contributed by atoms with van der Waals surface area (Å²) in [7, 11) is 1.85. The van der Waals surface area contributed by atoms with Crippen molar-refractivity contribution in [2.75, 3.05) is 51.6 Å². The van der Waals surface area contributed by atoms with Gasteiger partial charge in [-0.1, -0.05) is 12.0 Å². The van der Waals surface area contributed by atoms with Crippen molar-refractivity contribution in [2.45, 2.75) is 74.3 Å². The molecule has 0 radical (unpaired) electrons. The zero-order valence-electron chi connectivity index (χ0n) is 26.4. The second-order valence-electron chi connectivity index (χ2n) is 12.1. The molecule has 2 heterocycles. The highest BCUT2D eigenvalue weighted by atomic mass is 32.2. The Morgan fingerprint density at radius 3 is 2.41 bits per heavy atom. The number of anilines is 2. The van der Waals surface area contributed by atoms with Crippen molar-refractivity contribution < 1.29 is 31.1 Å². The van der Waals surface area contributed by atoms with Crippen molar-refractivity contribution in [1.29, 1.82) is 0 Å². The average molecular weight is 662 g/mol. The van der Waals surface area contributed by atoms with Gasteiger partial charge < -0.3 is 29.6 Å². The number of rotatable bonds is 10. The van der Waals surface area contributed by atoms with Gasteiger partial charge in [-0.15, -0.1) is 0 Å². The predicted octanol–water partition coefficient (Wildman–Crippen LogP) is 5.42. The number of fused-ring (bicyclic) bond motifs is 1. The minimum atomic E-state index is -4.43. The van der Waals surface area contributed by atoms with E-state index in [-0.39, 0.29) is 29.2 Å². The van der Waals surface area contributed by atoms with Crippen LogP contribution in [0.1, 0.15) is 44.2 Å². The normalized spacial score (nSPS) is 19.5. The highest BCUT2D eigenvalue weighted by Gasteiger charge is 2.30. The summed E-state index contributed by atoms with van der Waals surface area (Å²) in [5.41, 5.74) is 2.04. The standard InChI is InChI=1S/C33H42F3N5O4S/c1-40(2)25-11-9-23(10-12-25)38-29-7-4-8-31-28(29)20-26(41(31)22-33(34,35)36)6-5-17-37-30-14-13-27(21-32(30)44-3)46(42,43)39-24-15-18-45-19-16-24/h4,7-8,13-14,20-21,23-25,37-39H,9-12,15-19,22H2,1-3H3. The summed E-state index contributed by atoms with van der Waals surface area (Å²) < 4.78 is 81.6. The van der Waals surface area contributed by atoms with E-state index in [4.69, 9.17) is 9.47 Å². The van der Waals surface area contributed by atoms with E-state index in [0.29, 0.717) is 54.4 Å². The third-order valence-corrected chi connectivity index (χ3v) is 10.2. The Balaban J connectivity index is 1.32. The number of methoxy groups -OCH3 is 1. The number of hydrogen-bond donors (Lipinski definition) is 3. The number of hydrogen-bond acceptors (Lipinski definition) is 7. The van der Waals surface area contributed by atoms with Gasteiger partial charge in [-0.25, -0.2) is 13.1 Å². The van der Waals surface area contributed by atoms with Crippen LogP contribution in [0.25, 0.3) is 10.9 Å². The topological polar surface area (TPSA) is 96.9 Å². The minimum absolute atomic E-state index is 0.0688. The van der Waals surface area contributed by atoms with Gasteiger partial charge in [-0.3, -0.25) is 0 Å². The number of alkyl halides is 3. The van der Waals surface area contributed by atoms with Gasteiger partial charge in [0.25, 0.3) is 0 Å². The fourth-order valence-corrected chi connectivity index (χ4v) is 7.50. The van der Waals surface area contributed by atoms with Crippen LogP contribution in [0.3, 0.4) is 0 Å². The maximum absolute atomic E-state index is 13.7. The molecular formula is C33H42F3N5O4S.